The molecule has 0 unspecified atom stereocenters. The van der Waals surface area contributed by atoms with E-state index in [2.05, 4.69) is 28.6 Å². The van der Waals surface area contributed by atoms with E-state index in [1.165, 1.54) is 17.3 Å². The SMILES string of the molecule is COc1ccc(-c2nnc(SC[C@H](O)COc3ccc(C)cc3)n2C(C)C)cc1. The smallest absolute Gasteiger partial charge is 0.191 e. The predicted octanol–water partition coefficient (Wildman–Crippen LogP) is 4.38. The first-order valence-corrected chi connectivity index (χ1v) is 10.6. The maximum atomic E-state index is 10.3. The van der Waals surface area contributed by atoms with E-state index in [0.717, 1.165) is 28.0 Å². The third-order valence-corrected chi connectivity index (χ3v) is 5.49. The molecule has 3 aromatic rings. The summed E-state index contributed by atoms with van der Waals surface area (Å²) >= 11 is 1.48. The fourth-order valence-corrected chi connectivity index (χ4v) is 3.80. The van der Waals surface area contributed by atoms with Crippen molar-refractivity contribution in [1.82, 2.24) is 14.8 Å². The number of ether oxygens (including phenoxy) is 2. The molecule has 29 heavy (non-hydrogen) atoms. The van der Waals surface area contributed by atoms with E-state index >= 15 is 0 Å². The van der Waals surface area contributed by atoms with E-state index in [9.17, 15) is 5.11 Å². The lowest BCUT2D eigenvalue weighted by atomic mass is 10.2. The maximum absolute atomic E-state index is 10.3. The summed E-state index contributed by atoms with van der Waals surface area (Å²) in [5.74, 6) is 2.83. The molecule has 0 radical (unpaired) electrons. The average Bonchev–Trinajstić information content (AvgIpc) is 3.16. The largest absolute Gasteiger partial charge is 0.497 e. The van der Waals surface area contributed by atoms with Crippen LogP contribution >= 0.6 is 11.8 Å². The van der Waals surface area contributed by atoms with Gasteiger partial charge in [0.15, 0.2) is 11.0 Å². The van der Waals surface area contributed by atoms with Gasteiger partial charge in [0, 0.05) is 17.4 Å². The average molecular weight is 414 g/mol. The van der Waals surface area contributed by atoms with Crippen molar-refractivity contribution in [3.8, 4) is 22.9 Å². The van der Waals surface area contributed by atoms with Crippen LogP contribution in [0.25, 0.3) is 11.4 Å². The van der Waals surface area contributed by atoms with Gasteiger partial charge in [0.05, 0.1) is 13.2 Å². The minimum atomic E-state index is -0.608. The first kappa shape index (κ1) is 21.2. The van der Waals surface area contributed by atoms with Gasteiger partial charge in [0.25, 0.3) is 0 Å². The molecule has 0 fully saturated rings. The van der Waals surface area contributed by atoms with Gasteiger partial charge in [-0.2, -0.15) is 0 Å². The zero-order valence-electron chi connectivity index (χ0n) is 17.2. The van der Waals surface area contributed by atoms with Crippen LogP contribution in [-0.4, -0.2) is 45.4 Å². The Bertz CT molecular complexity index is 908. The van der Waals surface area contributed by atoms with Crippen LogP contribution in [0.4, 0.5) is 0 Å². The van der Waals surface area contributed by atoms with E-state index in [-0.39, 0.29) is 12.6 Å². The molecule has 0 saturated carbocycles. The van der Waals surface area contributed by atoms with Crippen molar-refractivity contribution >= 4 is 11.8 Å². The van der Waals surface area contributed by atoms with Gasteiger partial charge in [-0.1, -0.05) is 29.5 Å². The molecule has 0 saturated heterocycles. The number of rotatable bonds is 9. The number of aromatic nitrogens is 3. The van der Waals surface area contributed by atoms with Crippen LogP contribution in [0.3, 0.4) is 0 Å². The van der Waals surface area contributed by atoms with Crippen LogP contribution in [0.5, 0.6) is 11.5 Å². The Balaban J connectivity index is 1.64. The molecule has 0 spiro atoms. The fourth-order valence-electron chi connectivity index (χ4n) is 2.82. The normalized spacial score (nSPS) is 12.2. The molecule has 7 heteroatoms. The molecule has 1 N–H and O–H groups in total. The van der Waals surface area contributed by atoms with E-state index in [1.54, 1.807) is 7.11 Å². The highest BCUT2D eigenvalue weighted by Gasteiger charge is 2.18. The van der Waals surface area contributed by atoms with Crippen LogP contribution < -0.4 is 9.47 Å². The van der Waals surface area contributed by atoms with E-state index in [4.69, 9.17) is 9.47 Å². The van der Waals surface area contributed by atoms with Gasteiger partial charge < -0.3 is 14.6 Å². The van der Waals surface area contributed by atoms with Crippen molar-refractivity contribution in [3.05, 3.63) is 54.1 Å². The Morgan fingerprint density at radius 1 is 1.00 bits per heavy atom. The lowest BCUT2D eigenvalue weighted by Gasteiger charge is -2.15. The standard InChI is InChI=1S/C22H27N3O3S/c1-15(2)25-21(17-7-11-19(27-4)12-8-17)23-24-22(25)29-14-18(26)13-28-20-9-5-16(3)6-10-20/h5-12,15,18,26H,13-14H2,1-4H3/t18-/m1/s1. The van der Waals surface area contributed by atoms with Crippen LogP contribution in [-0.2, 0) is 0 Å². The summed E-state index contributed by atoms with van der Waals surface area (Å²) < 4.78 is 13.0. The second kappa shape index (κ2) is 9.80. The summed E-state index contributed by atoms with van der Waals surface area (Å²) in [6.07, 6.45) is -0.608. The zero-order chi connectivity index (χ0) is 20.8. The summed E-state index contributed by atoms with van der Waals surface area (Å²) in [7, 11) is 1.65. The van der Waals surface area contributed by atoms with Gasteiger partial charge in [-0.25, -0.2) is 0 Å². The second-order valence-corrected chi connectivity index (χ2v) is 8.07. The quantitative estimate of drug-likeness (QED) is 0.525. The summed E-state index contributed by atoms with van der Waals surface area (Å²) in [5.41, 5.74) is 2.15. The number of hydrogen-bond donors (Lipinski definition) is 1. The van der Waals surface area contributed by atoms with Crippen molar-refractivity contribution in [2.75, 3.05) is 19.5 Å². The lowest BCUT2D eigenvalue weighted by molar-refractivity contribution is 0.126. The van der Waals surface area contributed by atoms with Crippen LogP contribution in [0, 0.1) is 6.92 Å². The van der Waals surface area contributed by atoms with Gasteiger partial charge in [0.1, 0.15) is 18.1 Å². The number of aliphatic hydroxyl groups is 1. The molecule has 1 aromatic heterocycles. The zero-order valence-corrected chi connectivity index (χ0v) is 18.0. The number of thioether (sulfide) groups is 1. The molecule has 0 aliphatic heterocycles. The molecular formula is C22H27N3O3S. The molecule has 0 bridgehead atoms. The predicted molar refractivity (Wildman–Crippen MR) is 116 cm³/mol. The van der Waals surface area contributed by atoms with Crippen molar-refractivity contribution in [3.63, 3.8) is 0 Å². The molecule has 0 aliphatic rings. The molecule has 2 aromatic carbocycles. The van der Waals surface area contributed by atoms with Crippen LogP contribution in [0.1, 0.15) is 25.5 Å². The Labute approximate surface area is 175 Å². The molecule has 0 amide bonds. The summed E-state index contributed by atoms with van der Waals surface area (Å²) in [6.45, 7) is 6.45. The van der Waals surface area contributed by atoms with Gasteiger partial charge >= 0.3 is 0 Å². The highest BCUT2D eigenvalue weighted by atomic mass is 32.2. The Hall–Kier alpha value is -2.51. The summed E-state index contributed by atoms with van der Waals surface area (Å²) in [5, 5.41) is 19.8. The van der Waals surface area contributed by atoms with Gasteiger partial charge in [-0.3, -0.25) is 4.57 Å². The van der Waals surface area contributed by atoms with Crippen LogP contribution in [0.2, 0.25) is 0 Å². The topological polar surface area (TPSA) is 69.4 Å². The van der Waals surface area contributed by atoms with Crippen LogP contribution in [0.15, 0.2) is 53.7 Å². The number of aliphatic hydroxyl groups excluding tert-OH is 1. The third-order valence-electron chi connectivity index (χ3n) is 4.40. The van der Waals surface area contributed by atoms with Gasteiger partial charge in [-0.05, 0) is 57.2 Å². The Morgan fingerprint density at radius 2 is 1.66 bits per heavy atom. The van der Waals surface area contributed by atoms with E-state index in [0.29, 0.717) is 5.75 Å². The third kappa shape index (κ3) is 5.52. The molecule has 6 nitrogen and oxygen atoms in total. The summed E-state index contributed by atoms with van der Waals surface area (Å²) in [6, 6.07) is 15.7. The number of hydrogen-bond acceptors (Lipinski definition) is 6. The van der Waals surface area contributed by atoms with E-state index < -0.39 is 6.10 Å². The highest BCUT2D eigenvalue weighted by Crippen LogP contribution is 2.29. The second-order valence-electron chi connectivity index (χ2n) is 7.09. The Kier molecular flexibility index (Phi) is 7.17. The first-order valence-electron chi connectivity index (χ1n) is 9.57. The van der Waals surface area contributed by atoms with Crippen molar-refractivity contribution in [2.45, 2.75) is 38.1 Å². The number of benzene rings is 2. The first-order chi connectivity index (χ1) is 14.0. The van der Waals surface area contributed by atoms with E-state index in [1.807, 2.05) is 55.5 Å². The summed E-state index contributed by atoms with van der Waals surface area (Å²) in [4.78, 5) is 0. The molecule has 3 rings (SSSR count). The minimum Gasteiger partial charge on any atom is -0.497 e. The maximum Gasteiger partial charge on any atom is 0.191 e. The molecular weight excluding hydrogens is 386 g/mol. The van der Waals surface area contributed by atoms with Crippen molar-refractivity contribution in [2.24, 2.45) is 0 Å². The number of methoxy groups -OCH3 is 1. The highest BCUT2D eigenvalue weighted by molar-refractivity contribution is 7.99. The molecule has 1 heterocycles. The Morgan fingerprint density at radius 3 is 2.28 bits per heavy atom. The molecule has 154 valence electrons. The molecule has 0 aliphatic carbocycles. The molecule has 1 atom stereocenters. The minimum absolute atomic E-state index is 0.186. The number of nitrogens with zero attached hydrogens (tertiary/aromatic N) is 3. The van der Waals surface area contributed by atoms with Gasteiger partial charge in [0.2, 0.25) is 0 Å². The number of aryl methyl sites for hydroxylation is 1. The van der Waals surface area contributed by atoms with Gasteiger partial charge in [-0.15, -0.1) is 10.2 Å². The fraction of sp³-hybridized carbons (Fsp3) is 0.364. The van der Waals surface area contributed by atoms with Crippen molar-refractivity contribution in [1.29, 1.82) is 0 Å². The van der Waals surface area contributed by atoms with Crippen molar-refractivity contribution < 1.29 is 14.6 Å². The lowest BCUT2D eigenvalue weighted by Crippen LogP contribution is -2.20. The monoisotopic (exact) mass is 413 g/mol.